The molecule has 182 valence electrons. The number of hydrogen-bond donors (Lipinski definition) is 2. The van der Waals surface area contributed by atoms with Crippen LogP contribution in [0.4, 0.5) is 0 Å². The molecule has 2 fully saturated rings. The summed E-state index contributed by atoms with van der Waals surface area (Å²) in [5, 5.41) is 13.1. The van der Waals surface area contributed by atoms with E-state index in [4.69, 9.17) is 20.9 Å². The minimum absolute atomic E-state index is 0.522. The van der Waals surface area contributed by atoms with Crippen molar-refractivity contribution in [3.05, 3.63) is 71.8 Å². The van der Waals surface area contributed by atoms with Crippen molar-refractivity contribution >= 4 is 23.0 Å². The van der Waals surface area contributed by atoms with E-state index in [9.17, 15) is 0 Å². The van der Waals surface area contributed by atoms with Gasteiger partial charge in [-0.3, -0.25) is 10.0 Å². The summed E-state index contributed by atoms with van der Waals surface area (Å²) >= 11 is 1.74. The summed E-state index contributed by atoms with van der Waals surface area (Å²) < 4.78 is 10.8. The molecular weight excluding hydrogens is 460 g/mol. The number of amidine groups is 2. The molecule has 2 saturated heterocycles. The second-order valence-corrected chi connectivity index (χ2v) is 9.51. The third-order valence-corrected chi connectivity index (χ3v) is 7.15. The first kappa shape index (κ1) is 23.3. The van der Waals surface area contributed by atoms with E-state index in [1.165, 1.54) is 9.75 Å². The molecule has 0 amide bonds. The van der Waals surface area contributed by atoms with Crippen LogP contribution in [-0.2, 0) is 9.47 Å². The summed E-state index contributed by atoms with van der Waals surface area (Å²) in [6, 6.07) is 20.7. The number of morpholine rings is 2. The lowest BCUT2D eigenvalue weighted by Gasteiger charge is -2.24. The lowest BCUT2D eigenvalue weighted by Crippen LogP contribution is -2.34. The van der Waals surface area contributed by atoms with Crippen LogP contribution >= 0.6 is 11.3 Å². The zero-order valence-electron chi connectivity index (χ0n) is 19.6. The minimum atomic E-state index is 0.522. The van der Waals surface area contributed by atoms with Gasteiger partial charge in [0.15, 0.2) is 11.7 Å². The Kier molecular flexibility index (Phi) is 7.27. The number of hydrazone groups is 2. The highest BCUT2D eigenvalue weighted by Crippen LogP contribution is 2.35. The van der Waals surface area contributed by atoms with Gasteiger partial charge in [-0.2, -0.15) is 10.2 Å². The van der Waals surface area contributed by atoms with Crippen LogP contribution in [0, 0.1) is 0 Å². The zero-order valence-corrected chi connectivity index (χ0v) is 20.4. The smallest absolute Gasteiger partial charge is 0.150 e. The third kappa shape index (κ3) is 5.82. The number of nitrogens with two attached hydrogens (primary N) is 2. The van der Waals surface area contributed by atoms with E-state index < -0.39 is 0 Å². The van der Waals surface area contributed by atoms with E-state index in [-0.39, 0.29) is 0 Å². The molecule has 2 aliphatic rings. The van der Waals surface area contributed by atoms with Gasteiger partial charge in [-0.15, -0.1) is 11.3 Å². The fourth-order valence-electron chi connectivity index (χ4n) is 4.04. The maximum atomic E-state index is 6.32. The van der Waals surface area contributed by atoms with E-state index >= 15 is 0 Å². The normalized spacial score (nSPS) is 17.6. The first-order valence-electron chi connectivity index (χ1n) is 11.8. The standard InChI is InChI=1S/C26H30N6O2S/c27-25(29-31-9-13-33-14-10-31)21-5-1-3-19(17-21)23-7-8-24(35-23)20-4-2-6-22(18-20)26(28)30-32-11-15-34-16-12-32/h1-8,17-18H,9-16H2,(H2,27,29)(H2,28,30). The van der Waals surface area contributed by atoms with Gasteiger partial charge < -0.3 is 20.9 Å². The predicted octanol–water partition coefficient (Wildman–Crippen LogP) is 2.99. The molecule has 0 bridgehead atoms. The Labute approximate surface area is 209 Å². The molecule has 8 nitrogen and oxygen atoms in total. The van der Waals surface area contributed by atoms with Crippen LogP contribution in [0.25, 0.3) is 20.9 Å². The van der Waals surface area contributed by atoms with Gasteiger partial charge in [0.25, 0.3) is 0 Å². The fraction of sp³-hybridized carbons (Fsp3) is 0.308. The first-order valence-corrected chi connectivity index (χ1v) is 12.6. The summed E-state index contributed by atoms with van der Waals surface area (Å²) in [7, 11) is 0. The van der Waals surface area contributed by atoms with Gasteiger partial charge in [-0.25, -0.2) is 0 Å². The molecular formula is C26H30N6O2S. The molecule has 2 aliphatic heterocycles. The first-order chi connectivity index (χ1) is 17.2. The number of thiophene rings is 1. The van der Waals surface area contributed by atoms with Crippen molar-refractivity contribution in [3.8, 4) is 20.9 Å². The molecule has 35 heavy (non-hydrogen) atoms. The molecule has 1 aromatic heterocycles. The molecule has 5 rings (SSSR count). The summed E-state index contributed by atoms with van der Waals surface area (Å²) in [5.41, 5.74) is 16.7. The number of nitrogens with zero attached hydrogens (tertiary/aromatic N) is 4. The van der Waals surface area contributed by atoms with Crippen molar-refractivity contribution < 1.29 is 9.47 Å². The Morgan fingerprint density at radius 2 is 1.09 bits per heavy atom. The molecule has 0 spiro atoms. The van der Waals surface area contributed by atoms with Crippen molar-refractivity contribution in [2.75, 3.05) is 52.6 Å². The molecule has 0 saturated carbocycles. The second kappa shape index (κ2) is 10.9. The van der Waals surface area contributed by atoms with Gasteiger partial charge in [-0.05, 0) is 35.4 Å². The topological polar surface area (TPSA) is 102 Å². The molecule has 4 N–H and O–H groups in total. The summed E-state index contributed by atoms with van der Waals surface area (Å²) in [6.45, 7) is 5.76. The van der Waals surface area contributed by atoms with Gasteiger partial charge in [0.05, 0.1) is 52.6 Å². The van der Waals surface area contributed by atoms with Crippen molar-refractivity contribution in [2.45, 2.75) is 0 Å². The minimum Gasteiger partial charge on any atom is -0.382 e. The molecule has 0 radical (unpaired) electrons. The van der Waals surface area contributed by atoms with E-state index in [1.807, 2.05) is 34.3 Å². The Hall–Kier alpha value is -3.40. The molecule has 3 heterocycles. The lowest BCUT2D eigenvalue weighted by atomic mass is 10.1. The van der Waals surface area contributed by atoms with Gasteiger partial charge in [0.2, 0.25) is 0 Å². The van der Waals surface area contributed by atoms with Crippen LogP contribution in [0.5, 0.6) is 0 Å². The Morgan fingerprint density at radius 3 is 1.51 bits per heavy atom. The number of ether oxygens (including phenoxy) is 2. The highest BCUT2D eigenvalue weighted by molar-refractivity contribution is 7.18. The lowest BCUT2D eigenvalue weighted by molar-refractivity contribution is 0.0392. The molecule has 3 aromatic rings. The molecule has 0 unspecified atom stereocenters. The van der Waals surface area contributed by atoms with E-state index in [2.05, 4.69) is 46.6 Å². The van der Waals surface area contributed by atoms with Crippen molar-refractivity contribution in [3.63, 3.8) is 0 Å². The number of hydrogen-bond acceptors (Lipinski definition) is 7. The monoisotopic (exact) mass is 490 g/mol. The van der Waals surface area contributed by atoms with Gasteiger partial charge in [0, 0.05) is 20.9 Å². The average molecular weight is 491 g/mol. The van der Waals surface area contributed by atoms with Gasteiger partial charge in [-0.1, -0.05) is 36.4 Å². The molecule has 2 aromatic carbocycles. The van der Waals surface area contributed by atoms with E-state index in [0.717, 1.165) is 48.4 Å². The maximum Gasteiger partial charge on any atom is 0.150 e. The summed E-state index contributed by atoms with van der Waals surface area (Å²) in [4.78, 5) is 2.34. The molecule has 0 atom stereocenters. The Bertz CT molecular complexity index is 1120. The van der Waals surface area contributed by atoms with Gasteiger partial charge in [0.1, 0.15) is 0 Å². The maximum absolute atomic E-state index is 6.32. The highest BCUT2D eigenvalue weighted by Gasteiger charge is 2.12. The number of benzene rings is 2. The van der Waals surface area contributed by atoms with Crippen molar-refractivity contribution in [2.24, 2.45) is 21.7 Å². The van der Waals surface area contributed by atoms with E-state index in [1.54, 1.807) is 11.3 Å². The highest BCUT2D eigenvalue weighted by atomic mass is 32.1. The van der Waals surface area contributed by atoms with Crippen LogP contribution in [0.1, 0.15) is 11.1 Å². The zero-order chi connectivity index (χ0) is 24.0. The fourth-order valence-corrected chi connectivity index (χ4v) is 5.04. The van der Waals surface area contributed by atoms with E-state index in [0.29, 0.717) is 38.1 Å². The van der Waals surface area contributed by atoms with Crippen LogP contribution in [-0.4, -0.2) is 74.3 Å². The quantitative estimate of drug-likeness (QED) is 0.407. The number of rotatable bonds is 6. The van der Waals surface area contributed by atoms with Crippen LogP contribution in [0.15, 0.2) is 70.9 Å². The van der Waals surface area contributed by atoms with Crippen molar-refractivity contribution in [1.82, 2.24) is 10.0 Å². The SMILES string of the molecule is N/C(=N\N1CCOCC1)c1cccc(-c2ccc(-c3cccc(/C(N)=N/N4CCOCC4)c3)s2)c1. The largest absolute Gasteiger partial charge is 0.382 e. The molecule has 9 heteroatoms. The Morgan fingerprint density at radius 1 is 0.657 bits per heavy atom. The van der Waals surface area contributed by atoms with Crippen LogP contribution < -0.4 is 11.5 Å². The predicted molar refractivity (Wildman–Crippen MR) is 141 cm³/mol. The molecule has 0 aliphatic carbocycles. The van der Waals surface area contributed by atoms with Crippen molar-refractivity contribution in [1.29, 1.82) is 0 Å². The summed E-state index contributed by atoms with van der Waals surface area (Å²) in [5.74, 6) is 1.04. The Balaban J connectivity index is 1.34. The van der Waals surface area contributed by atoms with Gasteiger partial charge >= 0.3 is 0 Å². The second-order valence-electron chi connectivity index (χ2n) is 8.43. The average Bonchev–Trinajstić information content (AvgIpc) is 3.41. The summed E-state index contributed by atoms with van der Waals surface area (Å²) in [6.07, 6.45) is 0. The third-order valence-electron chi connectivity index (χ3n) is 5.96. The van der Waals surface area contributed by atoms with Crippen LogP contribution in [0.2, 0.25) is 0 Å². The van der Waals surface area contributed by atoms with Crippen LogP contribution in [0.3, 0.4) is 0 Å².